The summed E-state index contributed by atoms with van der Waals surface area (Å²) in [6.07, 6.45) is -4.88. The Hall–Kier alpha value is 1.02. The Balaban J connectivity index is -0.000000405. The van der Waals surface area contributed by atoms with Gasteiger partial charge in [0, 0.05) is 0 Å². The van der Waals surface area contributed by atoms with Crippen LogP contribution in [-0.2, 0) is 26.7 Å². The van der Waals surface area contributed by atoms with Gasteiger partial charge in [-0.15, -0.1) is 0 Å². The molecule has 0 bridgehead atoms. The van der Waals surface area contributed by atoms with Crippen LogP contribution >= 0.6 is 0 Å². The normalized spacial score (nSPS) is 13.2. The summed E-state index contributed by atoms with van der Waals surface area (Å²) in [5.41, 5.74) is 0. The number of carboxylic acids is 2. The van der Waals surface area contributed by atoms with Gasteiger partial charge in [0.15, 0.2) is 0 Å². The summed E-state index contributed by atoms with van der Waals surface area (Å²) in [5.74, 6) is -4.12. The maximum absolute atomic E-state index is 9.63. The number of aliphatic hydroxyl groups excluding tert-OH is 2. The molecule has 2 N–H and O–H groups in total. The molecule has 0 aliphatic carbocycles. The number of carbonyl (C=O) groups is 2. The smallest absolute Gasteiger partial charge is 0.547 e. The second kappa shape index (κ2) is 8.61. The van der Waals surface area contributed by atoms with Crippen LogP contribution in [0.25, 0.3) is 0 Å². The molecule has 0 heterocycles. The molecule has 6 nitrogen and oxygen atoms in total. The minimum Gasteiger partial charge on any atom is -0.547 e. The van der Waals surface area contributed by atoms with Crippen LogP contribution in [0.4, 0.5) is 0 Å². The second-order valence-corrected chi connectivity index (χ2v) is 1.53. The third-order valence-corrected chi connectivity index (χ3v) is 0.782. The molecule has 0 spiro atoms. The van der Waals surface area contributed by atoms with Crippen LogP contribution in [0.1, 0.15) is 0 Å². The average molecular weight is 251 g/mol. The summed E-state index contributed by atoms with van der Waals surface area (Å²) in [7, 11) is 0. The zero-order chi connectivity index (χ0) is 8.31. The summed E-state index contributed by atoms with van der Waals surface area (Å²) in [5, 5.41) is 35.7. The number of hydrogen-bond donors (Lipinski definition) is 2. The molecule has 0 fully saturated rings. The summed E-state index contributed by atoms with van der Waals surface area (Å²) < 4.78 is 0. The van der Waals surface area contributed by atoms with E-state index in [9.17, 15) is 19.8 Å². The van der Waals surface area contributed by atoms with E-state index in [0.717, 1.165) is 0 Å². The minimum absolute atomic E-state index is 0. The van der Waals surface area contributed by atoms with E-state index in [1.54, 1.807) is 0 Å². The fourth-order valence-corrected chi connectivity index (χ4v) is 0.258. The number of carbonyl (C=O) groups excluding carboxylic acids is 2. The van der Waals surface area contributed by atoms with Crippen molar-refractivity contribution in [2.75, 3.05) is 0 Å². The quantitative estimate of drug-likeness (QED) is 0.480. The summed E-state index contributed by atoms with van der Waals surface area (Å²) in [4.78, 5) is 19.3. The van der Waals surface area contributed by atoms with Gasteiger partial charge in [-0.25, -0.2) is 0 Å². The van der Waals surface area contributed by atoms with Crippen molar-refractivity contribution >= 4 is 11.9 Å². The Morgan fingerprint density at radius 2 is 1.17 bits per heavy atom. The molecule has 2 unspecified atom stereocenters. The van der Waals surface area contributed by atoms with Gasteiger partial charge >= 0.3 is 68.5 Å². The molecule has 0 saturated carbocycles. The SMILES string of the molecule is O=C([O-])C(O)C(O)C(=O)[O-].[Cu+2].[K+]. The topological polar surface area (TPSA) is 121 Å². The molecular formula is C4H4CuKO6+. The molecule has 0 saturated heterocycles. The van der Waals surface area contributed by atoms with Gasteiger partial charge in [0.1, 0.15) is 12.2 Å². The Kier molecular flexibility index (Phi) is 13.4. The number of hydrogen-bond acceptors (Lipinski definition) is 6. The second-order valence-electron chi connectivity index (χ2n) is 1.53. The molecule has 67 valence electrons. The van der Waals surface area contributed by atoms with Gasteiger partial charge in [0.05, 0.1) is 11.9 Å². The van der Waals surface area contributed by atoms with E-state index in [0.29, 0.717) is 0 Å². The van der Waals surface area contributed by atoms with Crippen molar-refractivity contribution in [2.45, 2.75) is 12.2 Å². The van der Waals surface area contributed by atoms with Gasteiger partial charge in [0.25, 0.3) is 0 Å². The van der Waals surface area contributed by atoms with Gasteiger partial charge in [-0.3, -0.25) is 0 Å². The van der Waals surface area contributed by atoms with Crippen LogP contribution < -0.4 is 61.6 Å². The minimum atomic E-state index is -2.44. The van der Waals surface area contributed by atoms with Gasteiger partial charge < -0.3 is 30.0 Å². The third-order valence-electron chi connectivity index (χ3n) is 0.782. The first-order valence-corrected chi connectivity index (χ1v) is 2.24. The molecule has 1 radical (unpaired) electrons. The standard InChI is InChI=1S/C4H6O6.Cu.K/c5-1(3(7)8)2(6)4(9)10;;/h1-2,5-6H,(H,7,8)(H,9,10);;/q;+2;+1/p-2. The molecule has 0 aromatic carbocycles. The third kappa shape index (κ3) is 6.52. The molecule has 0 aromatic heterocycles. The van der Waals surface area contributed by atoms with Crippen LogP contribution in [0.2, 0.25) is 0 Å². The molecule has 0 amide bonds. The maximum Gasteiger partial charge on any atom is 2.00 e. The average Bonchev–Trinajstić information content (AvgIpc) is 1.84. The monoisotopic (exact) mass is 250 g/mol. The van der Waals surface area contributed by atoms with Crippen molar-refractivity contribution in [3.05, 3.63) is 0 Å². The molecule has 12 heavy (non-hydrogen) atoms. The van der Waals surface area contributed by atoms with Crippen LogP contribution in [0.5, 0.6) is 0 Å². The van der Waals surface area contributed by atoms with Crippen LogP contribution in [-0.4, -0.2) is 34.4 Å². The summed E-state index contributed by atoms with van der Waals surface area (Å²) in [6, 6.07) is 0. The molecule has 0 aliphatic heterocycles. The summed E-state index contributed by atoms with van der Waals surface area (Å²) in [6.45, 7) is 0. The van der Waals surface area contributed by atoms with E-state index < -0.39 is 24.1 Å². The predicted molar refractivity (Wildman–Crippen MR) is 22.0 cm³/mol. The summed E-state index contributed by atoms with van der Waals surface area (Å²) >= 11 is 0. The van der Waals surface area contributed by atoms with Gasteiger partial charge in [0.2, 0.25) is 0 Å². The van der Waals surface area contributed by atoms with Crippen molar-refractivity contribution < 1.29 is 98.5 Å². The van der Waals surface area contributed by atoms with Crippen LogP contribution in [0.3, 0.4) is 0 Å². The van der Waals surface area contributed by atoms with Gasteiger partial charge in [-0.2, -0.15) is 0 Å². The van der Waals surface area contributed by atoms with Gasteiger partial charge in [-0.05, 0) is 0 Å². The predicted octanol–water partition coefficient (Wildman–Crippen LogP) is -7.79. The molecule has 2 atom stereocenters. The molecule has 0 aromatic rings. The maximum atomic E-state index is 9.63. The first kappa shape index (κ1) is 18.7. The zero-order valence-corrected chi connectivity index (χ0v) is 10.0. The molecule has 0 rings (SSSR count). The Bertz CT molecular complexity index is 144. The van der Waals surface area contributed by atoms with Crippen molar-refractivity contribution in [3.8, 4) is 0 Å². The van der Waals surface area contributed by atoms with E-state index in [1.807, 2.05) is 0 Å². The van der Waals surface area contributed by atoms with Crippen molar-refractivity contribution in [3.63, 3.8) is 0 Å². The van der Waals surface area contributed by atoms with E-state index in [4.69, 9.17) is 10.2 Å². The van der Waals surface area contributed by atoms with E-state index in [1.165, 1.54) is 0 Å². The van der Waals surface area contributed by atoms with E-state index in [-0.39, 0.29) is 68.5 Å². The zero-order valence-electron chi connectivity index (χ0n) is 5.98. The van der Waals surface area contributed by atoms with Crippen LogP contribution in [0.15, 0.2) is 0 Å². The van der Waals surface area contributed by atoms with E-state index >= 15 is 0 Å². The number of carboxylic acid groups (broad SMARTS) is 2. The Morgan fingerprint density at radius 3 is 1.25 bits per heavy atom. The number of aliphatic hydroxyl groups is 2. The fraction of sp³-hybridized carbons (Fsp3) is 0.500. The van der Waals surface area contributed by atoms with Crippen molar-refractivity contribution in [1.29, 1.82) is 0 Å². The Morgan fingerprint density at radius 1 is 1.00 bits per heavy atom. The first-order valence-electron chi connectivity index (χ1n) is 2.24. The van der Waals surface area contributed by atoms with Crippen molar-refractivity contribution in [1.82, 2.24) is 0 Å². The first-order chi connectivity index (χ1) is 4.46. The molecule has 8 heteroatoms. The van der Waals surface area contributed by atoms with Crippen LogP contribution in [0, 0.1) is 0 Å². The van der Waals surface area contributed by atoms with E-state index in [2.05, 4.69) is 0 Å². The molecule has 0 aliphatic rings. The fourth-order valence-electron chi connectivity index (χ4n) is 0.258. The number of aliphatic carboxylic acids is 2. The Labute approximate surface area is 121 Å². The van der Waals surface area contributed by atoms with Gasteiger partial charge in [-0.1, -0.05) is 0 Å². The number of rotatable bonds is 3. The molecular weight excluding hydrogens is 247 g/mol. The van der Waals surface area contributed by atoms with Crippen molar-refractivity contribution in [2.24, 2.45) is 0 Å². The largest absolute Gasteiger partial charge is 2.00 e.